The van der Waals surface area contributed by atoms with Crippen molar-refractivity contribution < 1.29 is 14.0 Å². The number of rotatable bonds is 7. The first-order valence-electron chi connectivity index (χ1n) is 9.47. The van der Waals surface area contributed by atoms with E-state index in [1.165, 1.54) is 0 Å². The van der Waals surface area contributed by atoms with Crippen LogP contribution in [0.25, 0.3) is 11.3 Å². The first kappa shape index (κ1) is 20.1. The van der Waals surface area contributed by atoms with Gasteiger partial charge in [-0.3, -0.25) is 4.79 Å². The van der Waals surface area contributed by atoms with Gasteiger partial charge in [0.15, 0.2) is 11.7 Å². The molecular formula is C22H24N4O3. The maximum absolute atomic E-state index is 12.2. The highest BCUT2D eigenvalue weighted by atomic mass is 16.4. The Balaban J connectivity index is 1.47. The van der Waals surface area contributed by atoms with Crippen LogP contribution in [-0.2, 0) is 11.2 Å². The molecule has 0 unspecified atom stereocenters. The van der Waals surface area contributed by atoms with Crippen LogP contribution >= 0.6 is 0 Å². The van der Waals surface area contributed by atoms with Gasteiger partial charge in [-0.2, -0.15) is 0 Å². The van der Waals surface area contributed by atoms with Crippen LogP contribution < -0.4 is 16.0 Å². The van der Waals surface area contributed by atoms with E-state index in [0.717, 1.165) is 5.56 Å². The second-order valence-electron chi connectivity index (χ2n) is 6.86. The van der Waals surface area contributed by atoms with Crippen LogP contribution in [0.4, 0.5) is 16.2 Å². The third-order valence-corrected chi connectivity index (χ3v) is 4.02. The molecule has 1 aromatic heterocycles. The molecule has 0 saturated heterocycles. The lowest BCUT2D eigenvalue weighted by molar-refractivity contribution is -0.116. The number of hydrogen-bond donors (Lipinski definition) is 3. The van der Waals surface area contributed by atoms with Crippen LogP contribution in [0.1, 0.15) is 26.2 Å². The summed E-state index contributed by atoms with van der Waals surface area (Å²) >= 11 is 0. The first-order chi connectivity index (χ1) is 14.0. The quantitative estimate of drug-likeness (QED) is 0.554. The summed E-state index contributed by atoms with van der Waals surface area (Å²) < 4.78 is 5.71. The number of urea groups is 1. The Hall–Kier alpha value is -3.61. The van der Waals surface area contributed by atoms with Crippen LogP contribution in [0.3, 0.4) is 0 Å². The Kier molecular flexibility index (Phi) is 6.63. The molecule has 7 heteroatoms. The van der Waals surface area contributed by atoms with E-state index < -0.39 is 0 Å². The summed E-state index contributed by atoms with van der Waals surface area (Å²) in [5.41, 5.74) is 2.25. The average molecular weight is 392 g/mol. The maximum atomic E-state index is 12.2. The van der Waals surface area contributed by atoms with E-state index in [0.29, 0.717) is 29.4 Å². The lowest BCUT2D eigenvalue weighted by Gasteiger charge is -2.10. The minimum atomic E-state index is -0.266. The third-order valence-electron chi connectivity index (χ3n) is 4.02. The molecule has 3 N–H and O–H groups in total. The summed E-state index contributed by atoms with van der Waals surface area (Å²) in [6.45, 7) is 3.78. The molecule has 0 fully saturated rings. The standard InChI is InChI=1S/C22H24N4O3/c1-15(2)24-22(28)26-18-10-8-17(9-11-18)25-20(27)12-13-21-23-14-19(29-21)16-6-4-3-5-7-16/h3-11,14-15H,12-13H2,1-2H3,(H,25,27)(H2,24,26,28). The van der Waals surface area contributed by atoms with Gasteiger partial charge in [0.05, 0.1) is 6.20 Å². The lowest BCUT2D eigenvalue weighted by atomic mass is 10.2. The molecule has 0 aliphatic carbocycles. The minimum absolute atomic E-state index is 0.0565. The highest BCUT2D eigenvalue weighted by Gasteiger charge is 2.09. The van der Waals surface area contributed by atoms with E-state index in [1.807, 2.05) is 44.2 Å². The molecule has 3 aromatic rings. The van der Waals surface area contributed by atoms with Crippen molar-refractivity contribution in [1.29, 1.82) is 0 Å². The Morgan fingerprint density at radius 3 is 2.28 bits per heavy atom. The van der Waals surface area contributed by atoms with Gasteiger partial charge in [-0.05, 0) is 38.1 Å². The van der Waals surface area contributed by atoms with Crippen molar-refractivity contribution in [1.82, 2.24) is 10.3 Å². The average Bonchev–Trinajstić information content (AvgIpc) is 3.17. The van der Waals surface area contributed by atoms with E-state index >= 15 is 0 Å². The summed E-state index contributed by atoms with van der Waals surface area (Å²) in [5.74, 6) is 1.07. The molecule has 150 valence electrons. The van der Waals surface area contributed by atoms with Gasteiger partial charge in [0.1, 0.15) is 0 Å². The zero-order chi connectivity index (χ0) is 20.6. The highest BCUT2D eigenvalue weighted by Crippen LogP contribution is 2.20. The zero-order valence-electron chi connectivity index (χ0n) is 16.4. The van der Waals surface area contributed by atoms with Gasteiger partial charge in [-0.15, -0.1) is 0 Å². The largest absolute Gasteiger partial charge is 0.441 e. The number of nitrogens with zero attached hydrogens (tertiary/aromatic N) is 1. The first-order valence-corrected chi connectivity index (χ1v) is 9.47. The summed E-state index contributed by atoms with van der Waals surface area (Å²) in [6.07, 6.45) is 2.34. The predicted molar refractivity (Wildman–Crippen MR) is 113 cm³/mol. The van der Waals surface area contributed by atoms with Crippen LogP contribution in [0, 0.1) is 0 Å². The number of carbonyl (C=O) groups excluding carboxylic acids is 2. The number of anilines is 2. The van der Waals surface area contributed by atoms with Crippen molar-refractivity contribution in [3.8, 4) is 11.3 Å². The maximum Gasteiger partial charge on any atom is 0.319 e. The molecule has 0 spiro atoms. The third kappa shape index (κ3) is 6.21. The minimum Gasteiger partial charge on any atom is -0.441 e. The molecule has 7 nitrogen and oxygen atoms in total. The molecule has 0 radical (unpaired) electrons. The molecule has 3 amide bonds. The number of aryl methyl sites for hydroxylation is 1. The molecule has 0 saturated carbocycles. The summed E-state index contributed by atoms with van der Waals surface area (Å²) in [5, 5.41) is 8.31. The molecule has 29 heavy (non-hydrogen) atoms. The normalized spacial score (nSPS) is 10.6. The fourth-order valence-electron chi connectivity index (χ4n) is 2.67. The number of benzene rings is 2. The Labute approximate surface area is 169 Å². The Morgan fingerprint density at radius 2 is 1.62 bits per heavy atom. The van der Waals surface area contributed by atoms with E-state index in [1.54, 1.807) is 30.5 Å². The molecular weight excluding hydrogens is 368 g/mol. The van der Waals surface area contributed by atoms with E-state index in [2.05, 4.69) is 20.9 Å². The van der Waals surface area contributed by atoms with E-state index in [9.17, 15) is 9.59 Å². The van der Waals surface area contributed by atoms with E-state index in [-0.39, 0.29) is 24.4 Å². The summed E-state index contributed by atoms with van der Waals surface area (Å²) in [4.78, 5) is 28.1. The predicted octanol–water partition coefficient (Wildman–Crippen LogP) is 4.44. The number of hydrogen-bond acceptors (Lipinski definition) is 4. The second-order valence-corrected chi connectivity index (χ2v) is 6.86. The molecule has 1 heterocycles. The number of nitrogens with one attached hydrogen (secondary N) is 3. The second kappa shape index (κ2) is 9.54. The van der Waals surface area contributed by atoms with Crippen molar-refractivity contribution >= 4 is 23.3 Å². The number of amides is 3. The molecule has 0 atom stereocenters. The SMILES string of the molecule is CC(C)NC(=O)Nc1ccc(NC(=O)CCc2ncc(-c3ccccc3)o2)cc1. The monoisotopic (exact) mass is 392 g/mol. The zero-order valence-corrected chi connectivity index (χ0v) is 16.4. The van der Waals surface area contributed by atoms with Gasteiger partial charge < -0.3 is 20.4 Å². The van der Waals surface area contributed by atoms with Crippen LogP contribution in [0.2, 0.25) is 0 Å². The van der Waals surface area contributed by atoms with Crippen LogP contribution in [0.15, 0.2) is 65.2 Å². The van der Waals surface area contributed by atoms with Crippen molar-refractivity contribution in [2.45, 2.75) is 32.7 Å². The molecule has 3 rings (SSSR count). The molecule has 0 aliphatic rings. The number of carbonyl (C=O) groups is 2. The lowest BCUT2D eigenvalue weighted by Crippen LogP contribution is -2.34. The Morgan fingerprint density at radius 1 is 0.966 bits per heavy atom. The van der Waals surface area contributed by atoms with E-state index in [4.69, 9.17) is 4.42 Å². The van der Waals surface area contributed by atoms with Gasteiger partial charge in [0.2, 0.25) is 5.91 Å². The van der Waals surface area contributed by atoms with Crippen LogP contribution in [-0.4, -0.2) is 23.0 Å². The van der Waals surface area contributed by atoms with Gasteiger partial charge in [0.25, 0.3) is 0 Å². The van der Waals surface area contributed by atoms with Crippen molar-refractivity contribution in [2.75, 3.05) is 10.6 Å². The number of oxazole rings is 1. The van der Waals surface area contributed by atoms with Gasteiger partial charge in [-0.25, -0.2) is 9.78 Å². The van der Waals surface area contributed by atoms with Gasteiger partial charge >= 0.3 is 6.03 Å². The van der Waals surface area contributed by atoms with Gasteiger partial charge in [0, 0.05) is 35.8 Å². The van der Waals surface area contributed by atoms with Crippen molar-refractivity contribution in [2.24, 2.45) is 0 Å². The molecule has 2 aromatic carbocycles. The molecule has 0 bridgehead atoms. The van der Waals surface area contributed by atoms with Crippen LogP contribution in [0.5, 0.6) is 0 Å². The Bertz CT molecular complexity index is 950. The van der Waals surface area contributed by atoms with Crippen molar-refractivity contribution in [3.05, 3.63) is 66.7 Å². The fourth-order valence-corrected chi connectivity index (χ4v) is 2.67. The summed E-state index contributed by atoms with van der Waals surface area (Å²) in [6, 6.07) is 16.4. The van der Waals surface area contributed by atoms with Gasteiger partial charge in [-0.1, -0.05) is 30.3 Å². The molecule has 0 aliphatic heterocycles. The number of aromatic nitrogens is 1. The van der Waals surface area contributed by atoms with Crippen molar-refractivity contribution in [3.63, 3.8) is 0 Å². The topological polar surface area (TPSA) is 96.3 Å². The highest BCUT2D eigenvalue weighted by molar-refractivity contribution is 5.92. The smallest absolute Gasteiger partial charge is 0.319 e. The summed E-state index contributed by atoms with van der Waals surface area (Å²) in [7, 11) is 0. The fraction of sp³-hybridized carbons (Fsp3) is 0.227.